The predicted molar refractivity (Wildman–Crippen MR) is 128 cm³/mol. The van der Waals surface area contributed by atoms with E-state index in [0.29, 0.717) is 12.0 Å². The molecule has 0 aliphatic carbocycles. The van der Waals surface area contributed by atoms with Crippen LogP contribution in [0.15, 0.2) is 40.5 Å². The van der Waals surface area contributed by atoms with Gasteiger partial charge in [-0.25, -0.2) is 0 Å². The lowest BCUT2D eigenvalue weighted by atomic mass is 10.1. The van der Waals surface area contributed by atoms with Crippen LogP contribution in [0.25, 0.3) is 0 Å². The van der Waals surface area contributed by atoms with Crippen molar-refractivity contribution < 1.29 is 0 Å². The lowest BCUT2D eigenvalue weighted by molar-refractivity contribution is 0.477. The highest BCUT2D eigenvalue weighted by Gasteiger charge is 2.12. The molecule has 1 heterocycles. The van der Waals surface area contributed by atoms with Crippen LogP contribution >= 0.6 is 11.8 Å². The Hall–Kier alpha value is -2.02. The van der Waals surface area contributed by atoms with Crippen LogP contribution in [-0.2, 0) is 19.4 Å². The average molecular weight is 431 g/mol. The number of benzene rings is 1. The number of aromatic nitrogens is 3. The maximum atomic E-state index is 4.77. The van der Waals surface area contributed by atoms with Crippen molar-refractivity contribution in [1.29, 1.82) is 0 Å². The number of hydrogen-bond acceptors (Lipinski definition) is 4. The van der Waals surface area contributed by atoms with E-state index in [1.807, 2.05) is 0 Å². The Morgan fingerprint density at radius 3 is 2.57 bits per heavy atom. The molecule has 0 bridgehead atoms. The molecule has 2 rings (SSSR count). The zero-order valence-corrected chi connectivity index (χ0v) is 20.0. The van der Waals surface area contributed by atoms with Gasteiger partial charge >= 0.3 is 0 Å². The minimum atomic E-state index is 0.362. The maximum Gasteiger partial charge on any atom is 0.191 e. The molecule has 7 heteroatoms. The van der Waals surface area contributed by atoms with Crippen LogP contribution < -0.4 is 10.6 Å². The first kappa shape index (κ1) is 24.3. The lowest BCUT2D eigenvalue weighted by Gasteiger charge is -2.18. The van der Waals surface area contributed by atoms with Gasteiger partial charge in [0.25, 0.3) is 0 Å². The summed E-state index contributed by atoms with van der Waals surface area (Å²) in [4.78, 5) is 4.77. The highest BCUT2D eigenvalue weighted by atomic mass is 32.2. The molecular weight excluding hydrogens is 392 g/mol. The second-order valence-corrected chi connectivity index (χ2v) is 8.81. The summed E-state index contributed by atoms with van der Waals surface area (Å²) < 4.78 is 2.26. The number of aliphatic imine (C=N–C) groups is 1. The van der Waals surface area contributed by atoms with Crippen LogP contribution in [0.2, 0.25) is 0 Å². The predicted octanol–water partition coefficient (Wildman–Crippen LogP) is 4.17. The number of nitrogens with one attached hydrogen (secondary N) is 2. The van der Waals surface area contributed by atoms with E-state index in [9.17, 15) is 0 Å². The van der Waals surface area contributed by atoms with Crippen LogP contribution in [0, 0.1) is 5.92 Å². The number of aryl methyl sites for hydroxylation is 2. The number of nitrogens with zero attached hydrogens (tertiary/aromatic N) is 4. The van der Waals surface area contributed by atoms with E-state index in [2.05, 4.69) is 89.7 Å². The first-order chi connectivity index (χ1) is 14.5. The fourth-order valence-corrected chi connectivity index (χ4v) is 3.81. The van der Waals surface area contributed by atoms with Gasteiger partial charge in [-0.15, -0.1) is 10.2 Å². The topological polar surface area (TPSA) is 67.1 Å². The molecule has 30 heavy (non-hydrogen) atoms. The Morgan fingerprint density at radius 2 is 1.90 bits per heavy atom. The maximum absolute atomic E-state index is 4.77. The summed E-state index contributed by atoms with van der Waals surface area (Å²) in [5.41, 5.74) is 1.38. The molecule has 0 fully saturated rings. The summed E-state index contributed by atoms with van der Waals surface area (Å²) in [5, 5.41) is 16.6. The molecule has 0 saturated carbocycles. The van der Waals surface area contributed by atoms with E-state index in [4.69, 9.17) is 4.99 Å². The van der Waals surface area contributed by atoms with E-state index in [0.717, 1.165) is 62.3 Å². The monoisotopic (exact) mass is 430 g/mol. The summed E-state index contributed by atoms with van der Waals surface area (Å²) in [6.45, 7) is 11.4. The second kappa shape index (κ2) is 13.3. The van der Waals surface area contributed by atoms with E-state index in [1.165, 1.54) is 5.56 Å². The molecule has 0 aliphatic heterocycles. The minimum absolute atomic E-state index is 0.362. The van der Waals surface area contributed by atoms with Crippen molar-refractivity contribution in [2.75, 3.05) is 19.3 Å². The molecule has 6 nitrogen and oxygen atoms in total. The summed E-state index contributed by atoms with van der Waals surface area (Å²) >= 11 is 1.66. The van der Waals surface area contributed by atoms with E-state index in [-0.39, 0.29) is 0 Å². The SMILES string of the molecule is CCNC(=NCCCc1nnc(SC)n1CC(C)C)NC(C)CCc1ccccc1. The largest absolute Gasteiger partial charge is 0.357 e. The van der Waals surface area contributed by atoms with Gasteiger partial charge in [-0.1, -0.05) is 55.9 Å². The normalized spacial score (nSPS) is 12.9. The van der Waals surface area contributed by atoms with Crippen LogP contribution in [-0.4, -0.2) is 46.1 Å². The zero-order chi connectivity index (χ0) is 21.8. The number of rotatable bonds is 12. The van der Waals surface area contributed by atoms with Gasteiger partial charge in [0.15, 0.2) is 11.1 Å². The number of thioether (sulfide) groups is 1. The molecule has 0 amide bonds. The van der Waals surface area contributed by atoms with E-state index in [1.54, 1.807) is 11.8 Å². The van der Waals surface area contributed by atoms with Crippen molar-refractivity contribution in [3.63, 3.8) is 0 Å². The van der Waals surface area contributed by atoms with Gasteiger partial charge in [-0.3, -0.25) is 4.99 Å². The summed E-state index contributed by atoms with van der Waals surface area (Å²) in [7, 11) is 0. The number of guanidine groups is 1. The molecule has 1 atom stereocenters. The second-order valence-electron chi connectivity index (χ2n) is 8.04. The molecule has 2 aromatic rings. The van der Waals surface area contributed by atoms with Crippen molar-refractivity contribution in [1.82, 2.24) is 25.4 Å². The third-order valence-corrected chi connectivity index (χ3v) is 5.46. The van der Waals surface area contributed by atoms with Crippen LogP contribution in [0.3, 0.4) is 0 Å². The number of hydrogen-bond donors (Lipinski definition) is 2. The summed E-state index contributed by atoms with van der Waals surface area (Å²) in [5.74, 6) is 2.54. The fraction of sp³-hybridized carbons (Fsp3) is 0.609. The molecule has 0 aliphatic rings. The first-order valence-corrected chi connectivity index (χ1v) is 12.3. The Labute approximate surface area is 186 Å². The van der Waals surface area contributed by atoms with Gasteiger partial charge in [0.1, 0.15) is 5.82 Å². The third-order valence-electron chi connectivity index (χ3n) is 4.79. The van der Waals surface area contributed by atoms with Crippen molar-refractivity contribution in [2.45, 2.75) is 71.1 Å². The Kier molecular flexibility index (Phi) is 10.8. The fourth-order valence-electron chi connectivity index (χ4n) is 3.28. The highest BCUT2D eigenvalue weighted by molar-refractivity contribution is 7.98. The van der Waals surface area contributed by atoms with Crippen molar-refractivity contribution >= 4 is 17.7 Å². The van der Waals surface area contributed by atoms with Gasteiger partial charge < -0.3 is 15.2 Å². The first-order valence-electron chi connectivity index (χ1n) is 11.1. The van der Waals surface area contributed by atoms with E-state index < -0.39 is 0 Å². The molecule has 0 saturated heterocycles. The zero-order valence-electron chi connectivity index (χ0n) is 19.2. The smallest absolute Gasteiger partial charge is 0.191 e. The summed E-state index contributed by atoms with van der Waals surface area (Å²) in [6, 6.07) is 11.0. The van der Waals surface area contributed by atoms with Gasteiger partial charge in [0.05, 0.1) is 0 Å². The molecule has 2 N–H and O–H groups in total. The molecule has 1 aromatic carbocycles. The lowest BCUT2D eigenvalue weighted by Crippen LogP contribution is -2.42. The van der Waals surface area contributed by atoms with Crippen LogP contribution in [0.4, 0.5) is 0 Å². The van der Waals surface area contributed by atoms with Gasteiger partial charge in [0.2, 0.25) is 0 Å². The van der Waals surface area contributed by atoms with Gasteiger partial charge in [0, 0.05) is 32.1 Å². The quantitative estimate of drug-likeness (QED) is 0.229. The average Bonchev–Trinajstić information content (AvgIpc) is 3.11. The Bertz CT molecular complexity index is 756. The van der Waals surface area contributed by atoms with Crippen molar-refractivity contribution in [2.24, 2.45) is 10.9 Å². The molecule has 1 aromatic heterocycles. The van der Waals surface area contributed by atoms with E-state index >= 15 is 0 Å². The van der Waals surface area contributed by atoms with Gasteiger partial charge in [-0.2, -0.15) is 0 Å². The molecule has 0 radical (unpaired) electrons. The summed E-state index contributed by atoms with van der Waals surface area (Å²) in [6.07, 6.45) is 6.05. The third kappa shape index (κ3) is 8.38. The van der Waals surface area contributed by atoms with Crippen LogP contribution in [0.5, 0.6) is 0 Å². The minimum Gasteiger partial charge on any atom is -0.357 e. The molecule has 0 spiro atoms. The molecule has 1 unspecified atom stereocenters. The highest BCUT2D eigenvalue weighted by Crippen LogP contribution is 2.16. The standard InChI is InChI=1S/C23H38N6S/c1-6-24-22(26-19(4)14-15-20-11-8-7-9-12-20)25-16-10-13-21-27-28-23(30-5)29(21)17-18(2)3/h7-9,11-12,18-19H,6,10,13-17H2,1-5H3,(H2,24,25,26). The Balaban J connectivity index is 1.83. The van der Waals surface area contributed by atoms with Crippen molar-refractivity contribution in [3.05, 3.63) is 41.7 Å². The van der Waals surface area contributed by atoms with Gasteiger partial charge in [-0.05, 0) is 50.8 Å². The molecule has 166 valence electrons. The van der Waals surface area contributed by atoms with Crippen molar-refractivity contribution in [3.8, 4) is 0 Å². The van der Waals surface area contributed by atoms with Crippen LogP contribution in [0.1, 0.15) is 51.9 Å². The molecular formula is C23H38N6S. The Morgan fingerprint density at radius 1 is 1.13 bits per heavy atom.